The summed E-state index contributed by atoms with van der Waals surface area (Å²) in [6.07, 6.45) is 1.82. The van der Waals surface area contributed by atoms with Crippen molar-refractivity contribution in [2.75, 3.05) is 31.7 Å². The molecule has 0 N–H and O–H groups in total. The van der Waals surface area contributed by atoms with Crippen molar-refractivity contribution in [3.05, 3.63) is 41.9 Å². The number of aliphatic imine (C=N–C) groups is 1. The van der Waals surface area contributed by atoms with E-state index in [9.17, 15) is 0 Å². The summed E-state index contributed by atoms with van der Waals surface area (Å²) in [6.45, 7) is 4.49. The molecule has 3 heterocycles. The van der Waals surface area contributed by atoms with E-state index >= 15 is 0 Å². The van der Waals surface area contributed by atoms with Crippen LogP contribution in [0.25, 0.3) is 0 Å². The molecule has 2 aromatic rings. The number of ether oxygens (including phenoxy) is 2. The largest absolute Gasteiger partial charge is 0.497 e. The average Bonchev–Trinajstić information content (AvgIpc) is 2.56. The number of morpholine rings is 1. The second-order valence-electron chi connectivity index (χ2n) is 5.73. The van der Waals surface area contributed by atoms with Crippen molar-refractivity contribution < 1.29 is 9.47 Å². The maximum atomic E-state index is 5.59. The van der Waals surface area contributed by atoms with E-state index in [2.05, 4.69) is 26.8 Å². The van der Waals surface area contributed by atoms with Gasteiger partial charge in [-0.3, -0.25) is 0 Å². The van der Waals surface area contributed by atoms with E-state index in [-0.39, 0.29) is 6.10 Å². The fraction of sp³-hybridized carbons (Fsp3) is 0.353. The lowest BCUT2D eigenvalue weighted by atomic mass is 9.99. The highest BCUT2D eigenvalue weighted by Gasteiger charge is 2.24. The second kappa shape index (κ2) is 5.62. The minimum absolute atomic E-state index is 0.216. The third-order valence-electron chi connectivity index (χ3n) is 4.15. The number of rotatable bonds is 3. The van der Waals surface area contributed by atoms with Crippen molar-refractivity contribution in [3.63, 3.8) is 0 Å². The Morgan fingerprint density at radius 2 is 2.17 bits per heavy atom. The quantitative estimate of drug-likeness (QED) is 0.742. The van der Waals surface area contributed by atoms with E-state index in [4.69, 9.17) is 9.47 Å². The van der Waals surface area contributed by atoms with Crippen LogP contribution in [0.5, 0.6) is 5.75 Å². The molecule has 4 rings (SSSR count). The molecule has 118 valence electrons. The fourth-order valence-electron chi connectivity index (χ4n) is 2.93. The summed E-state index contributed by atoms with van der Waals surface area (Å²) in [4.78, 5) is 15.6. The van der Waals surface area contributed by atoms with Gasteiger partial charge in [-0.25, -0.2) is 15.0 Å². The smallest absolute Gasteiger partial charge is 0.132 e. The number of anilines is 1. The van der Waals surface area contributed by atoms with Crippen molar-refractivity contribution in [1.29, 1.82) is 0 Å². The van der Waals surface area contributed by atoms with Gasteiger partial charge in [-0.2, -0.15) is 0 Å². The van der Waals surface area contributed by atoms with E-state index < -0.39 is 0 Å². The second-order valence-corrected chi connectivity index (χ2v) is 5.73. The minimum atomic E-state index is 0.216. The molecular weight excluding hydrogens is 292 g/mol. The van der Waals surface area contributed by atoms with Crippen LogP contribution >= 0.6 is 0 Å². The molecule has 1 atom stereocenters. The number of benzene rings is 1. The van der Waals surface area contributed by atoms with Crippen LogP contribution in [0.1, 0.15) is 18.2 Å². The molecule has 0 saturated carbocycles. The molecular formula is C17H18N4O2. The molecule has 1 saturated heterocycles. The molecule has 0 bridgehead atoms. The molecule has 1 aromatic heterocycles. The SMILES string of the molecule is COc1ccc2c(c1)C(c1cc(N3CCOC(C)C3)ncn1)=N2. The van der Waals surface area contributed by atoms with Gasteiger partial charge in [-0.05, 0) is 25.1 Å². The number of hydrogen-bond donors (Lipinski definition) is 0. The van der Waals surface area contributed by atoms with E-state index in [0.717, 1.165) is 53.9 Å². The first-order valence-corrected chi connectivity index (χ1v) is 7.70. The molecule has 6 nitrogen and oxygen atoms in total. The molecule has 0 spiro atoms. The number of methoxy groups -OCH3 is 1. The lowest BCUT2D eigenvalue weighted by Crippen LogP contribution is -2.41. The highest BCUT2D eigenvalue weighted by Crippen LogP contribution is 2.35. The van der Waals surface area contributed by atoms with Gasteiger partial charge >= 0.3 is 0 Å². The van der Waals surface area contributed by atoms with Gasteiger partial charge in [0.1, 0.15) is 17.9 Å². The Morgan fingerprint density at radius 3 is 3.00 bits per heavy atom. The Labute approximate surface area is 134 Å². The number of fused-ring (bicyclic) bond motifs is 1. The first-order valence-electron chi connectivity index (χ1n) is 7.70. The standard InChI is InChI=1S/C17H18N4O2/c1-11-9-21(5-6-23-11)16-8-15(18-10-19-16)17-13-7-12(22-2)3-4-14(13)20-17/h3-4,7-8,10-11H,5-6,9H2,1-2H3. The van der Waals surface area contributed by atoms with Crippen LogP contribution in [0.4, 0.5) is 11.5 Å². The lowest BCUT2D eigenvalue weighted by Gasteiger charge is -2.32. The normalized spacial score (nSPS) is 19.7. The van der Waals surface area contributed by atoms with E-state index in [1.54, 1.807) is 13.4 Å². The molecule has 1 aromatic carbocycles. The van der Waals surface area contributed by atoms with Crippen molar-refractivity contribution >= 4 is 17.2 Å². The van der Waals surface area contributed by atoms with Gasteiger partial charge in [-0.1, -0.05) is 0 Å². The summed E-state index contributed by atoms with van der Waals surface area (Å²) in [6, 6.07) is 7.87. The van der Waals surface area contributed by atoms with Gasteiger partial charge in [0.05, 0.1) is 36.9 Å². The van der Waals surface area contributed by atoms with Gasteiger partial charge in [0.25, 0.3) is 0 Å². The molecule has 0 radical (unpaired) electrons. The van der Waals surface area contributed by atoms with E-state index in [0.29, 0.717) is 0 Å². The zero-order valence-electron chi connectivity index (χ0n) is 13.2. The highest BCUT2D eigenvalue weighted by atomic mass is 16.5. The van der Waals surface area contributed by atoms with Crippen LogP contribution in [-0.4, -0.2) is 48.6 Å². The van der Waals surface area contributed by atoms with Gasteiger partial charge in [0.2, 0.25) is 0 Å². The summed E-state index contributed by atoms with van der Waals surface area (Å²) in [5, 5.41) is 0. The van der Waals surface area contributed by atoms with Gasteiger partial charge in [0.15, 0.2) is 0 Å². The summed E-state index contributed by atoms with van der Waals surface area (Å²) in [5.74, 6) is 1.75. The third-order valence-corrected chi connectivity index (χ3v) is 4.15. The van der Waals surface area contributed by atoms with E-state index in [1.807, 2.05) is 24.3 Å². The number of hydrogen-bond acceptors (Lipinski definition) is 6. The molecule has 1 unspecified atom stereocenters. The summed E-state index contributed by atoms with van der Waals surface area (Å²) in [5.41, 5.74) is 3.78. The Hall–Kier alpha value is -2.47. The van der Waals surface area contributed by atoms with Crippen LogP contribution in [0, 0.1) is 0 Å². The van der Waals surface area contributed by atoms with Crippen LogP contribution in [0.15, 0.2) is 35.6 Å². The zero-order valence-corrected chi connectivity index (χ0v) is 13.2. The monoisotopic (exact) mass is 310 g/mol. The molecule has 23 heavy (non-hydrogen) atoms. The van der Waals surface area contributed by atoms with Crippen molar-refractivity contribution in [2.24, 2.45) is 4.99 Å². The predicted molar refractivity (Wildman–Crippen MR) is 88.0 cm³/mol. The predicted octanol–water partition coefficient (Wildman–Crippen LogP) is 2.19. The van der Waals surface area contributed by atoms with Crippen molar-refractivity contribution in [2.45, 2.75) is 13.0 Å². The first-order chi connectivity index (χ1) is 11.2. The Morgan fingerprint density at radius 1 is 1.26 bits per heavy atom. The number of nitrogens with zero attached hydrogens (tertiary/aromatic N) is 4. The van der Waals surface area contributed by atoms with Crippen LogP contribution in [0.3, 0.4) is 0 Å². The van der Waals surface area contributed by atoms with Crippen LogP contribution < -0.4 is 9.64 Å². The molecule has 6 heteroatoms. The maximum Gasteiger partial charge on any atom is 0.132 e. The van der Waals surface area contributed by atoms with Crippen LogP contribution in [0.2, 0.25) is 0 Å². The molecule has 2 aliphatic rings. The van der Waals surface area contributed by atoms with Gasteiger partial charge in [-0.15, -0.1) is 0 Å². The third kappa shape index (κ3) is 2.55. The topological polar surface area (TPSA) is 59.8 Å². The minimum Gasteiger partial charge on any atom is -0.497 e. The molecule has 2 aliphatic heterocycles. The molecule has 0 amide bonds. The van der Waals surface area contributed by atoms with Crippen molar-refractivity contribution in [3.8, 4) is 5.75 Å². The van der Waals surface area contributed by atoms with Gasteiger partial charge < -0.3 is 14.4 Å². The number of aromatic nitrogens is 2. The summed E-state index contributed by atoms with van der Waals surface area (Å²) in [7, 11) is 1.67. The fourth-order valence-corrected chi connectivity index (χ4v) is 2.93. The average molecular weight is 310 g/mol. The first kappa shape index (κ1) is 14.1. The molecule has 1 fully saturated rings. The van der Waals surface area contributed by atoms with Crippen LogP contribution in [-0.2, 0) is 4.74 Å². The Bertz CT molecular complexity index is 775. The lowest BCUT2D eigenvalue weighted by molar-refractivity contribution is 0.0529. The Kier molecular flexibility index (Phi) is 3.46. The molecule has 0 aliphatic carbocycles. The zero-order chi connectivity index (χ0) is 15.8. The van der Waals surface area contributed by atoms with E-state index in [1.165, 1.54) is 0 Å². The van der Waals surface area contributed by atoms with Crippen molar-refractivity contribution in [1.82, 2.24) is 9.97 Å². The summed E-state index contributed by atoms with van der Waals surface area (Å²) < 4.78 is 10.9. The summed E-state index contributed by atoms with van der Waals surface area (Å²) >= 11 is 0. The maximum absolute atomic E-state index is 5.59. The Balaban J connectivity index is 1.62. The van der Waals surface area contributed by atoms with Gasteiger partial charge in [0, 0.05) is 24.7 Å². The highest BCUT2D eigenvalue weighted by molar-refractivity contribution is 6.21.